The third-order valence-corrected chi connectivity index (χ3v) is 2.49. The number of halogens is 1. The maximum absolute atomic E-state index is 13.1. The second-order valence-corrected chi connectivity index (χ2v) is 4.01. The zero-order valence-corrected chi connectivity index (χ0v) is 10.8. The lowest BCUT2D eigenvalue weighted by atomic mass is 10.1. The standard InChI is InChI=1S/C13H16FN3O3/c1-2-3-11(20-13(16)19)12(18)17-7-8-6-9(14)4-5-10(8)15/h2,4-6,11H,1,3,7,15H2,(H2,16,19)(H,17,18). The molecule has 2 amide bonds. The number of amides is 2. The fourth-order valence-electron chi connectivity index (χ4n) is 1.52. The number of hydrogen-bond donors (Lipinski definition) is 3. The molecule has 0 fully saturated rings. The number of anilines is 1. The van der Waals surface area contributed by atoms with Crippen molar-refractivity contribution in [2.75, 3.05) is 5.73 Å². The van der Waals surface area contributed by atoms with E-state index < -0.39 is 23.9 Å². The van der Waals surface area contributed by atoms with Crippen LogP contribution in [0.25, 0.3) is 0 Å². The van der Waals surface area contributed by atoms with Gasteiger partial charge in [-0.25, -0.2) is 9.18 Å². The van der Waals surface area contributed by atoms with Crippen LogP contribution < -0.4 is 16.8 Å². The van der Waals surface area contributed by atoms with E-state index in [4.69, 9.17) is 11.5 Å². The van der Waals surface area contributed by atoms with Gasteiger partial charge in [-0.1, -0.05) is 6.08 Å². The van der Waals surface area contributed by atoms with Crippen LogP contribution in [0.5, 0.6) is 0 Å². The van der Waals surface area contributed by atoms with Gasteiger partial charge in [0.25, 0.3) is 5.91 Å². The molecule has 0 aliphatic heterocycles. The zero-order valence-electron chi connectivity index (χ0n) is 10.8. The summed E-state index contributed by atoms with van der Waals surface area (Å²) >= 11 is 0. The molecule has 0 bridgehead atoms. The molecule has 0 spiro atoms. The number of ether oxygens (including phenoxy) is 1. The second-order valence-electron chi connectivity index (χ2n) is 4.01. The van der Waals surface area contributed by atoms with Crippen molar-refractivity contribution in [2.45, 2.75) is 19.1 Å². The van der Waals surface area contributed by atoms with Crippen LogP contribution in [0.1, 0.15) is 12.0 Å². The number of carbonyl (C=O) groups is 2. The van der Waals surface area contributed by atoms with Crippen LogP contribution in [-0.4, -0.2) is 18.1 Å². The highest BCUT2D eigenvalue weighted by Crippen LogP contribution is 2.13. The van der Waals surface area contributed by atoms with Gasteiger partial charge in [0, 0.05) is 18.7 Å². The molecular formula is C13H16FN3O3. The first-order chi connectivity index (χ1) is 9.43. The largest absolute Gasteiger partial charge is 0.436 e. The Hall–Kier alpha value is -2.57. The summed E-state index contributed by atoms with van der Waals surface area (Å²) < 4.78 is 17.7. The van der Waals surface area contributed by atoms with Crippen molar-refractivity contribution < 1.29 is 18.7 Å². The summed E-state index contributed by atoms with van der Waals surface area (Å²) in [6, 6.07) is 3.84. The van der Waals surface area contributed by atoms with E-state index in [1.807, 2.05) is 0 Å². The second kappa shape index (κ2) is 7.13. The van der Waals surface area contributed by atoms with Crippen molar-refractivity contribution in [1.82, 2.24) is 5.32 Å². The minimum Gasteiger partial charge on any atom is -0.436 e. The lowest BCUT2D eigenvalue weighted by Gasteiger charge is -2.15. The van der Waals surface area contributed by atoms with E-state index in [9.17, 15) is 14.0 Å². The molecule has 1 rings (SSSR count). The lowest BCUT2D eigenvalue weighted by Crippen LogP contribution is -2.38. The summed E-state index contributed by atoms with van der Waals surface area (Å²) in [5, 5.41) is 2.49. The summed E-state index contributed by atoms with van der Waals surface area (Å²) in [6.45, 7) is 3.46. The van der Waals surface area contributed by atoms with Crippen LogP contribution in [0, 0.1) is 5.82 Å². The van der Waals surface area contributed by atoms with Crippen LogP contribution in [0.4, 0.5) is 14.9 Å². The minimum absolute atomic E-state index is 0.0121. The predicted molar refractivity (Wildman–Crippen MR) is 71.9 cm³/mol. The average Bonchev–Trinajstić information content (AvgIpc) is 2.38. The van der Waals surface area contributed by atoms with E-state index in [-0.39, 0.29) is 13.0 Å². The maximum atomic E-state index is 13.1. The number of primary amides is 1. The molecule has 0 saturated carbocycles. The van der Waals surface area contributed by atoms with E-state index in [0.717, 1.165) is 0 Å². The van der Waals surface area contributed by atoms with Gasteiger partial charge in [-0.05, 0) is 23.8 Å². The first-order valence-corrected chi connectivity index (χ1v) is 5.82. The third-order valence-electron chi connectivity index (χ3n) is 2.49. The Kier molecular flexibility index (Phi) is 5.52. The van der Waals surface area contributed by atoms with Gasteiger partial charge in [-0.3, -0.25) is 4.79 Å². The molecule has 7 heteroatoms. The highest BCUT2D eigenvalue weighted by molar-refractivity contribution is 5.83. The molecule has 1 aromatic carbocycles. The topological polar surface area (TPSA) is 107 Å². The van der Waals surface area contributed by atoms with Crippen molar-refractivity contribution in [2.24, 2.45) is 5.73 Å². The van der Waals surface area contributed by atoms with Crippen molar-refractivity contribution >= 4 is 17.7 Å². The van der Waals surface area contributed by atoms with Crippen LogP contribution in [-0.2, 0) is 16.1 Å². The molecule has 108 valence electrons. The van der Waals surface area contributed by atoms with Gasteiger partial charge < -0.3 is 21.5 Å². The molecule has 0 radical (unpaired) electrons. The Bertz CT molecular complexity index is 520. The quantitative estimate of drug-likeness (QED) is 0.535. The van der Waals surface area contributed by atoms with E-state index in [1.165, 1.54) is 24.3 Å². The molecule has 1 unspecified atom stereocenters. The summed E-state index contributed by atoms with van der Waals surface area (Å²) in [6.07, 6.45) is -0.589. The lowest BCUT2D eigenvalue weighted by molar-refractivity contribution is -0.129. The zero-order chi connectivity index (χ0) is 15.1. The molecule has 20 heavy (non-hydrogen) atoms. The number of hydrogen-bond acceptors (Lipinski definition) is 4. The maximum Gasteiger partial charge on any atom is 0.405 e. The summed E-state index contributed by atoms with van der Waals surface area (Å²) in [5.74, 6) is -1.02. The SMILES string of the molecule is C=CCC(OC(N)=O)C(=O)NCc1cc(F)ccc1N. The van der Waals surface area contributed by atoms with Gasteiger partial charge in [0.1, 0.15) is 5.82 Å². The summed E-state index contributed by atoms with van der Waals surface area (Å²) in [4.78, 5) is 22.5. The number of nitrogen functional groups attached to an aromatic ring is 1. The van der Waals surface area contributed by atoms with E-state index in [2.05, 4.69) is 16.6 Å². The fraction of sp³-hybridized carbons (Fsp3) is 0.231. The number of benzene rings is 1. The van der Waals surface area contributed by atoms with Crippen LogP contribution in [0.3, 0.4) is 0 Å². The third kappa shape index (κ3) is 4.60. The Balaban J connectivity index is 2.66. The summed E-state index contributed by atoms with van der Waals surface area (Å²) in [5.41, 5.74) is 11.3. The number of carbonyl (C=O) groups excluding carboxylic acids is 2. The van der Waals surface area contributed by atoms with Gasteiger partial charge in [-0.15, -0.1) is 6.58 Å². The van der Waals surface area contributed by atoms with Gasteiger partial charge in [0.05, 0.1) is 0 Å². The van der Waals surface area contributed by atoms with E-state index in [0.29, 0.717) is 11.3 Å². The van der Waals surface area contributed by atoms with Gasteiger partial charge in [0.2, 0.25) is 0 Å². The van der Waals surface area contributed by atoms with Gasteiger partial charge in [0.15, 0.2) is 6.10 Å². The van der Waals surface area contributed by atoms with Crippen LogP contribution in [0.2, 0.25) is 0 Å². The Labute approximate surface area is 115 Å². The molecule has 1 aromatic rings. The van der Waals surface area contributed by atoms with Gasteiger partial charge in [-0.2, -0.15) is 0 Å². The molecule has 0 aliphatic carbocycles. The molecule has 0 saturated heterocycles. The monoisotopic (exact) mass is 281 g/mol. The molecule has 0 heterocycles. The smallest absolute Gasteiger partial charge is 0.405 e. The molecular weight excluding hydrogens is 265 g/mol. The Morgan fingerprint density at radius 1 is 1.50 bits per heavy atom. The molecule has 1 atom stereocenters. The Morgan fingerprint density at radius 2 is 2.20 bits per heavy atom. The first kappa shape index (κ1) is 15.5. The molecule has 0 aromatic heterocycles. The highest BCUT2D eigenvalue weighted by atomic mass is 19.1. The average molecular weight is 281 g/mol. The molecule has 0 aliphatic rings. The number of nitrogens with two attached hydrogens (primary N) is 2. The minimum atomic E-state index is -1.07. The number of nitrogens with one attached hydrogen (secondary N) is 1. The van der Waals surface area contributed by atoms with Crippen molar-refractivity contribution in [3.05, 3.63) is 42.2 Å². The van der Waals surface area contributed by atoms with E-state index in [1.54, 1.807) is 0 Å². The Morgan fingerprint density at radius 3 is 2.80 bits per heavy atom. The summed E-state index contributed by atoms with van der Waals surface area (Å²) in [7, 11) is 0. The van der Waals surface area contributed by atoms with Crippen molar-refractivity contribution in [3.8, 4) is 0 Å². The number of rotatable bonds is 6. The predicted octanol–water partition coefficient (Wildman–Crippen LogP) is 1.06. The molecule has 5 N–H and O–H groups in total. The van der Waals surface area contributed by atoms with Crippen LogP contribution >= 0.6 is 0 Å². The van der Waals surface area contributed by atoms with E-state index >= 15 is 0 Å². The van der Waals surface area contributed by atoms with Crippen molar-refractivity contribution in [1.29, 1.82) is 0 Å². The normalized spacial score (nSPS) is 11.4. The van der Waals surface area contributed by atoms with Crippen LogP contribution in [0.15, 0.2) is 30.9 Å². The fourth-order valence-corrected chi connectivity index (χ4v) is 1.52. The first-order valence-electron chi connectivity index (χ1n) is 5.82. The highest BCUT2D eigenvalue weighted by Gasteiger charge is 2.20. The molecule has 6 nitrogen and oxygen atoms in total. The van der Waals surface area contributed by atoms with Gasteiger partial charge >= 0.3 is 6.09 Å². The van der Waals surface area contributed by atoms with Crippen molar-refractivity contribution in [3.63, 3.8) is 0 Å².